The number of benzene rings is 1. The average Bonchev–Trinajstić information content (AvgIpc) is 3.18. The average molecular weight is 383 g/mol. The van der Waals surface area contributed by atoms with E-state index in [1.807, 2.05) is 30.0 Å². The molecule has 0 saturated carbocycles. The fraction of sp³-hybridized carbons (Fsp3) is 0.429. The van der Waals surface area contributed by atoms with Crippen LogP contribution in [0, 0.1) is 6.92 Å². The minimum absolute atomic E-state index is 0.00423. The first-order valence-electron chi connectivity index (χ1n) is 9.69. The molecule has 0 atom stereocenters. The van der Waals surface area contributed by atoms with Crippen molar-refractivity contribution in [3.05, 3.63) is 47.4 Å². The number of piperazine rings is 1. The van der Waals surface area contributed by atoms with Gasteiger partial charge in [-0.3, -0.25) is 14.5 Å². The highest BCUT2D eigenvalue weighted by Gasteiger charge is 2.28. The van der Waals surface area contributed by atoms with E-state index in [-0.39, 0.29) is 25.0 Å². The molecule has 1 aromatic heterocycles. The maximum atomic E-state index is 12.7. The van der Waals surface area contributed by atoms with E-state index in [4.69, 9.17) is 9.15 Å². The largest absolute Gasteiger partial charge is 0.482 e. The Bertz CT molecular complexity index is 884. The number of likely N-dealkylation sites (N-methyl/N-ethyl adjacent to an activating group) is 1. The highest BCUT2D eigenvalue weighted by Crippen LogP contribution is 2.34. The summed E-state index contributed by atoms with van der Waals surface area (Å²) < 4.78 is 11.3. The van der Waals surface area contributed by atoms with E-state index >= 15 is 0 Å². The van der Waals surface area contributed by atoms with Gasteiger partial charge in [-0.05, 0) is 43.3 Å². The lowest BCUT2D eigenvalue weighted by molar-refractivity contribution is -0.121. The molecule has 2 aromatic rings. The van der Waals surface area contributed by atoms with Crippen LogP contribution in [0.4, 0.5) is 5.69 Å². The van der Waals surface area contributed by atoms with E-state index in [1.165, 1.54) is 0 Å². The Hall–Kier alpha value is -2.80. The Morgan fingerprint density at radius 3 is 2.64 bits per heavy atom. The molecule has 1 saturated heterocycles. The number of aryl methyl sites for hydroxylation is 1. The molecule has 0 radical (unpaired) electrons. The second-order valence-electron chi connectivity index (χ2n) is 7.23. The van der Waals surface area contributed by atoms with Crippen molar-refractivity contribution in [1.29, 1.82) is 0 Å². The van der Waals surface area contributed by atoms with Crippen molar-refractivity contribution in [3.63, 3.8) is 0 Å². The summed E-state index contributed by atoms with van der Waals surface area (Å²) in [6, 6.07) is 9.22. The monoisotopic (exact) mass is 383 g/mol. The van der Waals surface area contributed by atoms with Crippen molar-refractivity contribution >= 4 is 17.5 Å². The van der Waals surface area contributed by atoms with Crippen LogP contribution in [-0.2, 0) is 11.3 Å². The van der Waals surface area contributed by atoms with Crippen LogP contribution in [0.25, 0.3) is 0 Å². The predicted molar refractivity (Wildman–Crippen MR) is 105 cm³/mol. The normalized spacial score (nSPS) is 17.4. The zero-order chi connectivity index (χ0) is 19.7. The van der Waals surface area contributed by atoms with Crippen molar-refractivity contribution in [1.82, 2.24) is 9.80 Å². The standard InChI is InChI=1S/C21H25N3O4/c1-3-22-8-10-23(11-9-22)21(26)19-7-5-16(28-19)13-24-17-12-15(2)4-6-18(17)27-14-20(24)25/h4-7,12H,3,8-11,13-14H2,1-2H3. The summed E-state index contributed by atoms with van der Waals surface area (Å²) in [5, 5.41) is 0. The van der Waals surface area contributed by atoms with E-state index in [0.29, 0.717) is 30.4 Å². The van der Waals surface area contributed by atoms with Crippen molar-refractivity contribution in [2.45, 2.75) is 20.4 Å². The van der Waals surface area contributed by atoms with Crippen molar-refractivity contribution in [2.24, 2.45) is 0 Å². The van der Waals surface area contributed by atoms with Crippen molar-refractivity contribution < 1.29 is 18.7 Å². The first-order valence-corrected chi connectivity index (χ1v) is 9.69. The molecule has 0 spiro atoms. The number of nitrogens with zero attached hydrogens (tertiary/aromatic N) is 3. The molecule has 1 aromatic carbocycles. The number of amides is 2. The van der Waals surface area contributed by atoms with Crippen molar-refractivity contribution in [2.75, 3.05) is 44.2 Å². The van der Waals surface area contributed by atoms with E-state index in [9.17, 15) is 9.59 Å². The quantitative estimate of drug-likeness (QED) is 0.811. The van der Waals surface area contributed by atoms with Gasteiger partial charge in [0.2, 0.25) is 0 Å². The van der Waals surface area contributed by atoms with E-state index in [0.717, 1.165) is 30.9 Å². The summed E-state index contributed by atoms with van der Waals surface area (Å²) in [6.07, 6.45) is 0. The number of hydrogen-bond donors (Lipinski definition) is 0. The van der Waals surface area contributed by atoms with Gasteiger partial charge in [0.1, 0.15) is 11.5 Å². The van der Waals surface area contributed by atoms with Crippen LogP contribution in [0.5, 0.6) is 5.75 Å². The lowest BCUT2D eigenvalue weighted by Crippen LogP contribution is -2.48. The molecular formula is C21H25N3O4. The molecule has 148 valence electrons. The third-order valence-corrected chi connectivity index (χ3v) is 5.35. The molecule has 2 aliphatic heterocycles. The second-order valence-corrected chi connectivity index (χ2v) is 7.23. The number of carbonyl (C=O) groups is 2. The number of hydrogen-bond acceptors (Lipinski definition) is 5. The summed E-state index contributed by atoms with van der Waals surface area (Å²) in [7, 11) is 0. The first kappa shape index (κ1) is 18.6. The zero-order valence-electron chi connectivity index (χ0n) is 16.3. The molecule has 2 aliphatic rings. The molecule has 1 fully saturated rings. The summed E-state index contributed by atoms with van der Waals surface area (Å²) in [6.45, 7) is 8.56. The Kier molecular flexibility index (Phi) is 5.09. The minimum atomic E-state index is -0.127. The molecule has 0 N–H and O–H groups in total. The highest BCUT2D eigenvalue weighted by molar-refractivity contribution is 5.97. The third kappa shape index (κ3) is 3.62. The van der Waals surface area contributed by atoms with Gasteiger partial charge in [-0.1, -0.05) is 13.0 Å². The van der Waals surface area contributed by atoms with Crippen LogP contribution in [0.3, 0.4) is 0 Å². The van der Waals surface area contributed by atoms with Gasteiger partial charge in [0.25, 0.3) is 11.8 Å². The number of furan rings is 1. The van der Waals surface area contributed by atoms with E-state index < -0.39 is 0 Å². The Balaban J connectivity index is 1.48. The van der Waals surface area contributed by atoms with Crippen LogP contribution in [0.2, 0.25) is 0 Å². The lowest BCUT2D eigenvalue weighted by atomic mass is 10.1. The first-order chi connectivity index (χ1) is 13.5. The highest BCUT2D eigenvalue weighted by atomic mass is 16.5. The van der Waals surface area contributed by atoms with Gasteiger partial charge in [-0.2, -0.15) is 0 Å². The van der Waals surface area contributed by atoms with E-state index in [1.54, 1.807) is 17.0 Å². The summed E-state index contributed by atoms with van der Waals surface area (Å²) in [5.41, 5.74) is 1.78. The topological polar surface area (TPSA) is 66.2 Å². The number of fused-ring (bicyclic) bond motifs is 1. The predicted octanol–water partition coefficient (Wildman–Crippen LogP) is 2.29. The summed E-state index contributed by atoms with van der Waals surface area (Å²) in [4.78, 5) is 30.9. The number of rotatable bonds is 4. The molecule has 0 bridgehead atoms. The molecule has 28 heavy (non-hydrogen) atoms. The van der Waals surface area contributed by atoms with Crippen LogP contribution >= 0.6 is 0 Å². The van der Waals surface area contributed by atoms with Gasteiger partial charge in [0, 0.05) is 26.2 Å². The molecule has 0 unspecified atom stereocenters. The van der Waals surface area contributed by atoms with Crippen LogP contribution in [0.15, 0.2) is 34.7 Å². The second kappa shape index (κ2) is 7.67. The van der Waals surface area contributed by atoms with Gasteiger partial charge in [0.15, 0.2) is 12.4 Å². The summed E-state index contributed by atoms with van der Waals surface area (Å²) in [5.74, 6) is 1.37. The summed E-state index contributed by atoms with van der Waals surface area (Å²) >= 11 is 0. The SMILES string of the molecule is CCN1CCN(C(=O)c2ccc(CN3C(=O)COc4ccc(C)cc43)o2)CC1. The number of carbonyl (C=O) groups excluding carboxylic acids is 2. The Morgan fingerprint density at radius 1 is 1.11 bits per heavy atom. The number of ether oxygens (including phenoxy) is 1. The van der Waals surface area contributed by atoms with Crippen LogP contribution in [-0.4, -0.2) is 60.9 Å². The van der Waals surface area contributed by atoms with Crippen molar-refractivity contribution in [3.8, 4) is 5.75 Å². The molecule has 4 rings (SSSR count). The molecular weight excluding hydrogens is 358 g/mol. The molecule has 0 aliphatic carbocycles. The molecule has 7 heteroatoms. The molecule has 3 heterocycles. The molecule has 7 nitrogen and oxygen atoms in total. The minimum Gasteiger partial charge on any atom is -0.482 e. The van der Waals surface area contributed by atoms with Crippen LogP contribution < -0.4 is 9.64 Å². The van der Waals surface area contributed by atoms with Gasteiger partial charge in [0.05, 0.1) is 12.2 Å². The van der Waals surface area contributed by atoms with Gasteiger partial charge in [-0.25, -0.2) is 0 Å². The van der Waals surface area contributed by atoms with E-state index in [2.05, 4.69) is 11.8 Å². The number of anilines is 1. The zero-order valence-corrected chi connectivity index (χ0v) is 16.3. The van der Waals surface area contributed by atoms with Gasteiger partial charge < -0.3 is 19.0 Å². The lowest BCUT2D eigenvalue weighted by Gasteiger charge is -2.33. The molecule has 2 amide bonds. The maximum Gasteiger partial charge on any atom is 0.289 e. The smallest absolute Gasteiger partial charge is 0.289 e. The Morgan fingerprint density at radius 2 is 1.89 bits per heavy atom. The fourth-order valence-corrected chi connectivity index (χ4v) is 3.64. The van der Waals surface area contributed by atoms with Gasteiger partial charge in [-0.15, -0.1) is 0 Å². The maximum absolute atomic E-state index is 12.7. The third-order valence-electron chi connectivity index (χ3n) is 5.35. The van der Waals surface area contributed by atoms with Crippen LogP contribution in [0.1, 0.15) is 28.8 Å². The Labute approximate surface area is 164 Å². The van der Waals surface area contributed by atoms with Gasteiger partial charge >= 0.3 is 0 Å². The fourth-order valence-electron chi connectivity index (χ4n) is 3.64.